The van der Waals surface area contributed by atoms with Crippen LogP contribution in [0.3, 0.4) is 0 Å². The molecule has 0 unspecified atom stereocenters. The first-order valence-electron chi connectivity index (χ1n) is 26.8. The predicted octanol–water partition coefficient (Wildman–Crippen LogP) is 16.6. The van der Waals surface area contributed by atoms with Crippen molar-refractivity contribution in [2.75, 3.05) is 4.90 Å². The molecule has 4 nitrogen and oxygen atoms in total. The molecule has 376 valence electrons. The Hall–Kier alpha value is -9.69. The van der Waals surface area contributed by atoms with Crippen LogP contribution in [0.2, 0.25) is 0 Å². The molecule has 12 aromatic carbocycles. The number of benzene rings is 12. The number of rotatable bonds is 12. The summed E-state index contributed by atoms with van der Waals surface area (Å²) in [5.74, 6) is 1.26. The molecule has 0 saturated carbocycles. The van der Waals surface area contributed by atoms with Crippen molar-refractivity contribution in [1.82, 2.24) is 9.13 Å². The van der Waals surface area contributed by atoms with Gasteiger partial charge >= 0.3 is 272 Å². The van der Waals surface area contributed by atoms with E-state index in [4.69, 9.17) is 4.74 Å². The van der Waals surface area contributed by atoms with Crippen LogP contribution in [-0.4, -0.2) is 22.4 Å². The number of halogens is 1. The van der Waals surface area contributed by atoms with Gasteiger partial charge in [0.05, 0.1) is 11.0 Å². The van der Waals surface area contributed by atoms with Crippen molar-refractivity contribution in [2.24, 2.45) is 0 Å². The molecule has 0 spiro atoms. The van der Waals surface area contributed by atoms with E-state index >= 15 is 0 Å². The standard InChI is InChI=1S/C73H52FGeN3O/c1-51-26-35-60(36-27-51)77-70-25-15-14-24-66(70)68-49-62(41-46-72(68)77)76(59-39-43-65(44-40-59)79-64-22-12-5-13-23-64)63-42-47-73-69(50-63)67-48-53(30-45-71(67)78(73)61-37-31-54(74)32-38-61)52-28-33-58(34-29-52)75(55-16-6-2-7-17-55,56-18-8-3-9-19-56)57-20-10-4-11-21-57/h2-50H,1H3. The smallest absolute Gasteiger partial charge is 0.0542 e. The van der Waals surface area contributed by atoms with E-state index in [9.17, 15) is 4.39 Å². The second-order valence-electron chi connectivity index (χ2n) is 20.3. The zero-order valence-electron chi connectivity index (χ0n) is 43.4. The van der Waals surface area contributed by atoms with Gasteiger partial charge in [-0.3, -0.25) is 0 Å². The van der Waals surface area contributed by atoms with Gasteiger partial charge in [-0.2, -0.15) is 0 Å². The molecule has 0 fully saturated rings. The fourth-order valence-electron chi connectivity index (χ4n) is 12.0. The van der Waals surface area contributed by atoms with E-state index in [1.807, 2.05) is 54.6 Å². The van der Waals surface area contributed by atoms with E-state index < -0.39 is 13.3 Å². The number of hydrogen-bond donors (Lipinski definition) is 0. The second kappa shape index (κ2) is 20.0. The van der Waals surface area contributed by atoms with Crippen LogP contribution in [0.1, 0.15) is 5.56 Å². The third-order valence-electron chi connectivity index (χ3n) is 15.6. The van der Waals surface area contributed by atoms with E-state index in [0.717, 1.165) is 89.3 Å². The third-order valence-corrected chi connectivity index (χ3v) is 25.7. The molecule has 2 aromatic heterocycles. The molecule has 0 bridgehead atoms. The Morgan fingerprint density at radius 3 is 1.29 bits per heavy atom. The summed E-state index contributed by atoms with van der Waals surface area (Å²) < 4.78 is 31.1. The Kier molecular flexibility index (Phi) is 12.1. The molecule has 0 radical (unpaired) electrons. The van der Waals surface area contributed by atoms with Crippen LogP contribution in [-0.2, 0) is 0 Å². The zero-order chi connectivity index (χ0) is 52.9. The minimum absolute atomic E-state index is 0.271. The molecule has 14 rings (SSSR count). The number of fused-ring (bicyclic) bond motifs is 6. The Balaban J connectivity index is 0.942. The van der Waals surface area contributed by atoms with Crippen LogP contribution in [0.25, 0.3) is 66.1 Å². The van der Waals surface area contributed by atoms with Crippen LogP contribution >= 0.6 is 0 Å². The maximum atomic E-state index is 14.7. The van der Waals surface area contributed by atoms with Crippen LogP contribution < -0.4 is 27.2 Å². The van der Waals surface area contributed by atoms with Crippen molar-refractivity contribution in [3.05, 3.63) is 309 Å². The Bertz CT molecular complexity index is 4390. The largest absolute Gasteiger partial charge is 0.0572 e. The molecule has 0 amide bonds. The van der Waals surface area contributed by atoms with Gasteiger partial charge in [-0.05, 0) is 79.7 Å². The molecule has 2 heterocycles. The number of aromatic nitrogens is 2. The van der Waals surface area contributed by atoms with Crippen LogP contribution in [0, 0.1) is 12.7 Å². The van der Waals surface area contributed by atoms with Crippen LogP contribution in [0.4, 0.5) is 21.5 Å². The van der Waals surface area contributed by atoms with Gasteiger partial charge in [0.25, 0.3) is 0 Å². The van der Waals surface area contributed by atoms with Crippen molar-refractivity contribution in [1.29, 1.82) is 0 Å². The zero-order valence-corrected chi connectivity index (χ0v) is 45.5. The maximum Gasteiger partial charge on any atom is 0.0542 e. The van der Waals surface area contributed by atoms with Crippen molar-refractivity contribution < 1.29 is 9.13 Å². The second-order valence-corrected chi connectivity index (χ2v) is 28.3. The van der Waals surface area contributed by atoms with Gasteiger partial charge in [-0.25, -0.2) is 4.39 Å². The van der Waals surface area contributed by atoms with Gasteiger partial charge in [0.1, 0.15) is 17.3 Å². The molecule has 0 aliphatic heterocycles. The van der Waals surface area contributed by atoms with Gasteiger partial charge in [0.15, 0.2) is 0 Å². The Labute approximate surface area is 461 Å². The number of ether oxygens (including phenoxy) is 1. The third kappa shape index (κ3) is 8.47. The Morgan fingerprint density at radius 2 is 0.734 bits per heavy atom. The SMILES string of the molecule is Cc1ccc(-n2c3ccccc3c3cc(N(c4ccc(Oc5ccccc5)cc4)c4ccc5c(c4)c4cc(-c6cc[c]([Ge]([c]7ccccc7)([c]7ccccc7)[c]7ccccc7)cc6)ccc4n5-c4ccc(F)cc4)ccc32)cc1. The first-order valence-corrected chi connectivity index (χ1v) is 31.0. The van der Waals surface area contributed by atoms with Crippen molar-refractivity contribution in [2.45, 2.75) is 6.92 Å². The normalized spacial score (nSPS) is 11.7. The Morgan fingerprint density at radius 1 is 0.329 bits per heavy atom. The number of hydrogen-bond acceptors (Lipinski definition) is 2. The maximum absolute atomic E-state index is 14.7. The number of nitrogens with zero attached hydrogens (tertiary/aromatic N) is 3. The van der Waals surface area contributed by atoms with Gasteiger partial charge < -0.3 is 9.30 Å². The summed E-state index contributed by atoms with van der Waals surface area (Å²) >= 11 is -3.48. The fourth-order valence-corrected chi connectivity index (χ4v) is 21.9. The van der Waals surface area contributed by atoms with E-state index in [1.54, 1.807) is 12.1 Å². The van der Waals surface area contributed by atoms with Gasteiger partial charge in [-0.15, -0.1) is 0 Å². The summed E-state index contributed by atoms with van der Waals surface area (Å²) in [7, 11) is 0. The van der Waals surface area contributed by atoms with Crippen LogP contribution in [0.15, 0.2) is 297 Å². The molecule has 0 saturated heterocycles. The molecule has 0 N–H and O–H groups in total. The number of aryl methyl sites for hydroxylation is 1. The van der Waals surface area contributed by atoms with E-state index in [2.05, 4.69) is 251 Å². The molecule has 0 aliphatic carbocycles. The molecular weight excluding hydrogens is 1030 g/mol. The summed E-state index contributed by atoms with van der Waals surface area (Å²) in [6.45, 7) is 2.13. The summed E-state index contributed by atoms with van der Waals surface area (Å²) in [5, 5.41) is 4.51. The average Bonchev–Trinajstić information content (AvgIpc) is 4.28. The first-order chi connectivity index (χ1) is 39.0. The predicted molar refractivity (Wildman–Crippen MR) is 330 cm³/mol. The molecule has 6 heteroatoms. The molecule has 0 atom stereocenters. The van der Waals surface area contributed by atoms with Crippen molar-refractivity contribution in [3.8, 4) is 34.0 Å². The van der Waals surface area contributed by atoms with E-state index in [-0.39, 0.29) is 5.82 Å². The molecule has 0 aliphatic rings. The summed E-state index contributed by atoms with van der Waals surface area (Å²) in [5.41, 5.74) is 12.8. The fraction of sp³-hybridized carbons (Fsp3) is 0.0137. The summed E-state index contributed by atoms with van der Waals surface area (Å²) in [4.78, 5) is 2.34. The molecular formula is C73H52FGeN3O. The minimum Gasteiger partial charge on any atom is -0.0572 e. The number of para-hydroxylation sites is 2. The number of anilines is 3. The average molecular weight is 1080 g/mol. The van der Waals surface area contributed by atoms with E-state index in [1.165, 1.54) is 28.5 Å². The van der Waals surface area contributed by atoms with E-state index in [0.29, 0.717) is 0 Å². The monoisotopic (exact) mass is 1080 g/mol. The summed E-state index contributed by atoms with van der Waals surface area (Å²) in [6, 6.07) is 106. The van der Waals surface area contributed by atoms with Crippen LogP contribution in [0.5, 0.6) is 11.5 Å². The summed E-state index contributed by atoms with van der Waals surface area (Å²) in [6.07, 6.45) is 0. The van der Waals surface area contributed by atoms with Crippen molar-refractivity contribution >= 4 is 91.5 Å². The minimum atomic E-state index is -3.48. The first kappa shape index (κ1) is 47.7. The quantitative estimate of drug-likeness (QED) is 0.114. The molecule has 79 heavy (non-hydrogen) atoms. The van der Waals surface area contributed by atoms with Crippen molar-refractivity contribution in [3.63, 3.8) is 0 Å². The van der Waals surface area contributed by atoms with Gasteiger partial charge in [0.2, 0.25) is 0 Å². The van der Waals surface area contributed by atoms with Gasteiger partial charge in [0, 0.05) is 16.5 Å². The molecule has 14 aromatic rings. The van der Waals surface area contributed by atoms with Gasteiger partial charge in [-0.1, -0.05) is 54.1 Å². The topological polar surface area (TPSA) is 22.3 Å².